The smallest absolute Gasteiger partial charge is 0.131 e. The highest BCUT2D eigenvalue weighted by Crippen LogP contribution is 2.08. The van der Waals surface area contributed by atoms with Gasteiger partial charge in [0.05, 0.1) is 6.61 Å². The number of methoxy groups -OCH3 is 1. The second-order valence-corrected chi connectivity index (χ2v) is 2.65. The average Bonchev–Trinajstić information content (AvgIpc) is 2.05. The van der Waals surface area contributed by atoms with Gasteiger partial charge in [0.1, 0.15) is 11.0 Å². The van der Waals surface area contributed by atoms with E-state index < -0.39 is 0 Å². The summed E-state index contributed by atoms with van der Waals surface area (Å²) in [5, 5.41) is 3.56. The van der Waals surface area contributed by atoms with Gasteiger partial charge in [-0.3, -0.25) is 0 Å². The summed E-state index contributed by atoms with van der Waals surface area (Å²) in [5.41, 5.74) is 0. The van der Waals surface area contributed by atoms with Crippen molar-refractivity contribution in [3.63, 3.8) is 0 Å². The maximum Gasteiger partial charge on any atom is 0.131 e. The number of aromatic nitrogens is 1. The topological polar surface area (TPSA) is 34.1 Å². The van der Waals surface area contributed by atoms with Gasteiger partial charge in [-0.1, -0.05) is 17.7 Å². The normalized spacial score (nSPS) is 9.83. The van der Waals surface area contributed by atoms with E-state index in [2.05, 4.69) is 10.3 Å². The van der Waals surface area contributed by atoms with Crippen molar-refractivity contribution in [2.24, 2.45) is 0 Å². The zero-order chi connectivity index (χ0) is 8.81. The number of ether oxygens (including phenoxy) is 1. The first kappa shape index (κ1) is 9.29. The molecule has 0 aromatic carbocycles. The van der Waals surface area contributed by atoms with E-state index >= 15 is 0 Å². The molecule has 1 aromatic heterocycles. The lowest BCUT2D eigenvalue weighted by atomic mass is 10.4. The molecule has 12 heavy (non-hydrogen) atoms. The molecule has 0 saturated carbocycles. The Bertz CT molecular complexity index is 242. The van der Waals surface area contributed by atoms with Crippen LogP contribution in [0.15, 0.2) is 18.2 Å². The minimum Gasteiger partial charge on any atom is -0.383 e. The highest BCUT2D eigenvalue weighted by molar-refractivity contribution is 6.29. The third-order valence-corrected chi connectivity index (χ3v) is 1.54. The van der Waals surface area contributed by atoms with Gasteiger partial charge in [0.2, 0.25) is 0 Å². The van der Waals surface area contributed by atoms with Crippen molar-refractivity contribution >= 4 is 17.4 Å². The number of hydrogen-bond donors (Lipinski definition) is 1. The molecule has 0 amide bonds. The van der Waals surface area contributed by atoms with Crippen LogP contribution in [-0.2, 0) is 4.74 Å². The summed E-state index contributed by atoms with van der Waals surface area (Å²) in [7, 11) is 1.66. The number of rotatable bonds is 4. The molecule has 0 saturated heterocycles. The van der Waals surface area contributed by atoms with Crippen molar-refractivity contribution in [3.8, 4) is 0 Å². The van der Waals surface area contributed by atoms with Crippen LogP contribution >= 0.6 is 11.6 Å². The molecule has 66 valence electrons. The second-order valence-electron chi connectivity index (χ2n) is 2.27. The van der Waals surface area contributed by atoms with E-state index in [0.29, 0.717) is 11.8 Å². The van der Waals surface area contributed by atoms with Gasteiger partial charge in [0.15, 0.2) is 0 Å². The van der Waals surface area contributed by atoms with E-state index in [1.54, 1.807) is 13.2 Å². The number of hydrogen-bond acceptors (Lipinski definition) is 3. The fourth-order valence-corrected chi connectivity index (χ4v) is 0.952. The van der Waals surface area contributed by atoms with Crippen LogP contribution in [0.4, 0.5) is 5.82 Å². The Hall–Kier alpha value is -0.800. The molecule has 0 aliphatic rings. The molecule has 0 aliphatic carbocycles. The number of pyridine rings is 1. The minimum absolute atomic E-state index is 0.498. The molecule has 1 heterocycles. The Morgan fingerprint density at radius 2 is 2.42 bits per heavy atom. The van der Waals surface area contributed by atoms with Crippen LogP contribution in [0.2, 0.25) is 5.15 Å². The first-order valence-electron chi connectivity index (χ1n) is 3.68. The predicted octanol–water partition coefficient (Wildman–Crippen LogP) is 1.79. The van der Waals surface area contributed by atoms with Gasteiger partial charge in [-0.15, -0.1) is 0 Å². The Balaban J connectivity index is 2.41. The first-order valence-corrected chi connectivity index (χ1v) is 4.06. The zero-order valence-electron chi connectivity index (χ0n) is 6.88. The van der Waals surface area contributed by atoms with Crippen molar-refractivity contribution in [2.45, 2.75) is 0 Å². The molecular formula is C8H11ClN2O. The Labute approximate surface area is 76.7 Å². The molecule has 0 aliphatic heterocycles. The summed E-state index contributed by atoms with van der Waals surface area (Å²) < 4.78 is 4.87. The van der Waals surface area contributed by atoms with Crippen molar-refractivity contribution in [2.75, 3.05) is 25.6 Å². The van der Waals surface area contributed by atoms with Crippen molar-refractivity contribution in [3.05, 3.63) is 23.4 Å². The van der Waals surface area contributed by atoms with E-state index in [1.807, 2.05) is 12.1 Å². The molecular weight excluding hydrogens is 176 g/mol. The largest absolute Gasteiger partial charge is 0.383 e. The van der Waals surface area contributed by atoms with Crippen molar-refractivity contribution in [1.82, 2.24) is 4.98 Å². The monoisotopic (exact) mass is 186 g/mol. The lowest BCUT2D eigenvalue weighted by Gasteiger charge is -2.03. The van der Waals surface area contributed by atoms with Gasteiger partial charge >= 0.3 is 0 Å². The van der Waals surface area contributed by atoms with Crippen LogP contribution in [0.5, 0.6) is 0 Å². The number of anilines is 1. The first-order chi connectivity index (χ1) is 5.83. The van der Waals surface area contributed by atoms with Gasteiger partial charge < -0.3 is 10.1 Å². The van der Waals surface area contributed by atoms with E-state index in [0.717, 1.165) is 12.4 Å². The number of nitrogens with zero attached hydrogens (tertiary/aromatic N) is 1. The molecule has 1 rings (SSSR count). The second kappa shape index (κ2) is 4.95. The molecule has 0 radical (unpaired) electrons. The standard InChI is InChI=1S/C8H11ClN2O/c1-12-6-5-10-8-4-2-3-7(9)11-8/h2-4H,5-6H2,1H3,(H,10,11). The summed E-state index contributed by atoms with van der Waals surface area (Å²) in [5.74, 6) is 0.777. The minimum atomic E-state index is 0.498. The highest BCUT2D eigenvalue weighted by atomic mass is 35.5. The fourth-order valence-electron chi connectivity index (χ4n) is 0.788. The Morgan fingerprint density at radius 3 is 3.08 bits per heavy atom. The SMILES string of the molecule is COCCNc1cccc(Cl)n1. The van der Waals surface area contributed by atoms with Gasteiger partial charge in [0.25, 0.3) is 0 Å². The molecule has 1 aromatic rings. The van der Waals surface area contributed by atoms with E-state index in [9.17, 15) is 0 Å². The third-order valence-electron chi connectivity index (χ3n) is 1.33. The molecule has 4 heteroatoms. The maximum absolute atomic E-state index is 5.68. The number of nitrogens with one attached hydrogen (secondary N) is 1. The Morgan fingerprint density at radius 1 is 1.58 bits per heavy atom. The van der Waals surface area contributed by atoms with Crippen LogP contribution in [-0.4, -0.2) is 25.2 Å². The fraction of sp³-hybridized carbons (Fsp3) is 0.375. The third kappa shape index (κ3) is 3.07. The van der Waals surface area contributed by atoms with Crippen LogP contribution in [0.3, 0.4) is 0 Å². The summed E-state index contributed by atoms with van der Waals surface area (Å²) in [6.45, 7) is 1.40. The zero-order valence-corrected chi connectivity index (χ0v) is 7.64. The molecule has 0 spiro atoms. The van der Waals surface area contributed by atoms with Gasteiger partial charge in [-0.25, -0.2) is 4.98 Å². The summed E-state index contributed by atoms with van der Waals surface area (Å²) in [6, 6.07) is 5.45. The van der Waals surface area contributed by atoms with Crippen LogP contribution in [0.25, 0.3) is 0 Å². The highest BCUT2D eigenvalue weighted by Gasteiger charge is 1.92. The predicted molar refractivity (Wildman–Crippen MR) is 49.6 cm³/mol. The van der Waals surface area contributed by atoms with E-state index in [-0.39, 0.29) is 0 Å². The number of halogens is 1. The molecule has 3 nitrogen and oxygen atoms in total. The van der Waals surface area contributed by atoms with E-state index in [1.165, 1.54) is 0 Å². The van der Waals surface area contributed by atoms with Crippen LogP contribution < -0.4 is 5.32 Å². The summed E-state index contributed by atoms with van der Waals surface area (Å²) in [4.78, 5) is 4.04. The van der Waals surface area contributed by atoms with Gasteiger partial charge in [0, 0.05) is 13.7 Å². The van der Waals surface area contributed by atoms with Gasteiger partial charge in [-0.2, -0.15) is 0 Å². The van der Waals surface area contributed by atoms with E-state index in [4.69, 9.17) is 16.3 Å². The quantitative estimate of drug-likeness (QED) is 0.575. The van der Waals surface area contributed by atoms with Crippen LogP contribution in [0, 0.1) is 0 Å². The van der Waals surface area contributed by atoms with Crippen molar-refractivity contribution < 1.29 is 4.74 Å². The lowest BCUT2D eigenvalue weighted by Crippen LogP contribution is -2.08. The average molecular weight is 187 g/mol. The lowest BCUT2D eigenvalue weighted by molar-refractivity contribution is 0.210. The summed E-state index contributed by atoms with van der Waals surface area (Å²) >= 11 is 5.68. The molecule has 0 fully saturated rings. The molecule has 0 atom stereocenters. The maximum atomic E-state index is 5.68. The molecule has 1 N–H and O–H groups in total. The summed E-state index contributed by atoms with van der Waals surface area (Å²) in [6.07, 6.45) is 0. The molecule has 0 bridgehead atoms. The Kier molecular flexibility index (Phi) is 3.84. The van der Waals surface area contributed by atoms with Crippen LogP contribution in [0.1, 0.15) is 0 Å². The van der Waals surface area contributed by atoms with Crippen molar-refractivity contribution in [1.29, 1.82) is 0 Å². The van der Waals surface area contributed by atoms with Gasteiger partial charge in [-0.05, 0) is 12.1 Å². The molecule has 0 unspecified atom stereocenters.